The molecule has 0 saturated heterocycles. The summed E-state index contributed by atoms with van der Waals surface area (Å²) in [6.07, 6.45) is 0. The van der Waals surface area contributed by atoms with Gasteiger partial charge in [-0.2, -0.15) is 0 Å². The normalized spacial score (nSPS) is 10.2. The third-order valence-electron chi connectivity index (χ3n) is 3.39. The monoisotopic (exact) mass is 286 g/mol. The van der Waals surface area contributed by atoms with Crippen LogP contribution in [0.1, 0.15) is 11.1 Å². The number of aromatic hydroxyl groups is 1. The smallest absolute Gasteiger partial charge is 0.177 e. The second-order valence-corrected chi connectivity index (χ2v) is 5.14. The summed E-state index contributed by atoms with van der Waals surface area (Å²) >= 11 is 5.43. The lowest BCUT2D eigenvalue weighted by molar-refractivity contribution is 0.475. The van der Waals surface area contributed by atoms with E-state index >= 15 is 0 Å². The van der Waals surface area contributed by atoms with Crippen molar-refractivity contribution in [3.05, 3.63) is 53.6 Å². The quantitative estimate of drug-likeness (QED) is 0.822. The second kappa shape index (κ2) is 5.92. The van der Waals surface area contributed by atoms with Crippen LogP contribution in [0.4, 0.5) is 11.4 Å². The zero-order valence-corrected chi connectivity index (χ0v) is 12.7. The molecule has 0 aliphatic carbocycles. The molecule has 0 aliphatic rings. The van der Waals surface area contributed by atoms with Gasteiger partial charge in [-0.1, -0.05) is 12.1 Å². The highest BCUT2D eigenvalue weighted by Gasteiger charge is 2.09. The molecule has 3 nitrogen and oxygen atoms in total. The minimum atomic E-state index is 0.246. The van der Waals surface area contributed by atoms with E-state index in [0.717, 1.165) is 11.4 Å². The number of hydrogen-bond acceptors (Lipinski definition) is 2. The summed E-state index contributed by atoms with van der Waals surface area (Å²) in [5, 5.41) is 13.2. The molecule has 0 heterocycles. The minimum absolute atomic E-state index is 0.246. The summed E-state index contributed by atoms with van der Waals surface area (Å²) in [5.74, 6) is 0.246. The highest BCUT2D eigenvalue weighted by Crippen LogP contribution is 2.21. The Morgan fingerprint density at radius 3 is 2.40 bits per heavy atom. The molecule has 0 atom stereocenters. The molecule has 0 fully saturated rings. The predicted molar refractivity (Wildman–Crippen MR) is 88.6 cm³/mol. The molecular formula is C16H18N2OS. The first-order chi connectivity index (χ1) is 9.49. The number of phenolic OH excluding ortho intramolecular Hbond substituents is 1. The van der Waals surface area contributed by atoms with Gasteiger partial charge < -0.3 is 15.3 Å². The van der Waals surface area contributed by atoms with Gasteiger partial charge in [0.1, 0.15) is 5.75 Å². The van der Waals surface area contributed by atoms with Gasteiger partial charge >= 0.3 is 0 Å². The third-order valence-corrected chi connectivity index (χ3v) is 3.76. The first-order valence-electron chi connectivity index (χ1n) is 6.39. The van der Waals surface area contributed by atoms with E-state index in [2.05, 4.69) is 25.2 Å². The van der Waals surface area contributed by atoms with Gasteiger partial charge in [0.15, 0.2) is 5.11 Å². The van der Waals surface area contributed by atoms with Crippen molar-refractivity contribution in [2.75, 3.05) is 17.3 Å². The number of anilines is 2. The fourth-order valence-corrected chi connectivity index (χ4v) is 2.09. The lowest BCUT2D eigenvalue weighted by Crippen LogP contribution is -2.31. The van der Waals surface area contributed by atoms with E-state index in [-0.39, 0.29) is 5.75 Å². The molecular weight excluding hydrogens is 268 g/mol. The molecule has 0 unspecified atom stereocenters. The number of rotatable bonds is 2. The summed E-state index contributed by atoms with van der Waals surface area (Å²) in [6, 6.07) is 13.0. The summed E-state index contributed by atoms with van der Waals surface area (Å²) in [6.45, 7) is 4.15. The van der Waals surface area contributed by atoms with Crippen molar-refractivity contribution in [2.45, 2.75) is 13.8 Å². The van der Waals surface area contributed by atoms with E-state index in [4.69, 9.17) is 12.2 Å². The average Bonchev–Trinajstić information content (AvgIpc) is 2.44. The van der Waals surface area contributed by atoms with Crippen LogP contribution in [0, 0.1) is 13.8 Å². The standard InChI is InChI=1S/C16H18N2OS/c1-11-5-4-6-15(12(11)2)17-16(20)18(3)13-7-9-14(19)10-8-13/h4-10,19H,1-3H3,(H,17,20). The van der Waals surface area contributed by atoms with Crippen molar-refractivity contribution < 1.29 is 5.11 Å². The Kier molecular flexibility index (Phi) is 4.25. The van der Waals surface area contributed by atoms with Crippen molar-refractivity contribution in [1.82, 2.24) is 0 Å². The highest BCUT2D eigenvalue weighted by molar-refractivity contribution is 7.80. The number of thiocarbonyl (C=S) groups is 1. The molecule has 2 N–H and O–H groups in total. The Labute approximate surface area is 124 Å². The fraction of sp³-hybridized carbons (Fsp3) is 0.188. The molecule has 0 saturated carbocycles. The molecule has 0 amide bonds. The summed E-state index contributed by atoms with van der Waals surface area (Å²) in [7, 11) is 1.90. The lowest BCUT2D eigenvalue weighted by Gasteiger charge is -2.22. The minimum Gasteiger partial charge on any atom is -0.508 e. The molecule has 20 heavy (non-hydrogen) atoms. The van der Waals surface area contributed by atoms with Crippen LogP contribution < -0.4 is 10.2 Å². The van der Waals surface area contributed by atoms with Crippen LogP contribution in [0.3, 0.4) is 0 Å². The Hall–Kier alpha value is -2.07. The zero-order valence-electron chi connectivity index (χ0n) is 11.8. The van der Waals surface area contributed by atoms with E-state index < -0.39 is 0 Å². The topological polar surface area (TPSA) is 35.5 Å². The van der Waals surface area contributed by atoms with Crippen molar-refractivity contribution in [3.63, 3.8) is 0 Å². The molecule has 0 bridgehead atoms. The van der Waals surface area contributed by atoms with Gasteiger partial charge in [-0.05, 0) is 67.5 Å². The van der Waals surface area contributed by atoms with Gasteiger partial charge in [-0.3, -0.25) is 0 Å². The molecule has 2 aromatic rings. The van der Waals surface area contributed by atoms with Crippen LogP contribution in [-0.2, 0) is 0 Å². The van der Waals surface area contributed by atoms with Crippen molar-refractivity contribution >= 4 is 28.7 Å². The van der Waals surface area contributed by atoms with Crippen LogP contribution in [0.25, 0.3) is 0 Å². The van der Waals surface area contributed by atoms with Gasteiger partial charge in [-0.25, -0.2) is 0 Å². The van der Waals surface area contributed by atoms with Crippen LogP contribution in [0.2, 0.25) is 0 Å². The first kappa shape index (κ1) is 14.3. The lowest BCUT2D eigenvalue weighted by atomic mass is 10.1. The number of phenols is 1. The summed E-state index contributed by atoms with van der Waals surface area (Å²) in [4.78, 5) is 1.87. The molecule has 0 aliphatic heterocycles. The molecule has 0 radical (unpaired) electrons. The summed E-state index contributed by atoms with van der Waals surface area (Å²) < 4.78 is 0. The second-order valence-electron chi connectivity index (χ2n) is 4.75. The van der Waals surface area contributed by atoms with Crippen LogP contribution in [-0.4, -0.2) is 17.3 Å². The largest absolute Gasteiger partial charge is 0.508 e. The third kappa shape index (κ3) is 3.08. The van der Waals surface area contributed by atoms with E-state index in [1.54, 1.807) is 12.1 Å². The molecule has 104 valence electrons. The molecule has 0 aromatic heterocycles. The zero-order chi connectivity index (χ0) is 14.7. The van der Waals surface area contributed by atoms with Crippen LogP contribution >= 0.6 is 12.2 Å². The van der Waals surface area contributed by atoms with Gasteiger partial charge in [0.2, 0.25) is 0 Å². The Morgan fingerprint density at radius 2 is 1.75 bits per heavy atom. The maximum absolute atomic E-state index is 9.31. The maximum atomic E-state index is 9.31. The number of nitrogens with zero attached hydrogens (tertiary/aromatic N) is 1. The Bertz CT molecular complexity index is 623. The van der Waals surface area contributed by atoms with E-state index in [1.165, 1.54) is 11.1 Å². The van der Waals surface area contributed by atoms with Crippen molar-refractivity contribution in [3.8, 4) is 5.75 Å². The molecule has 4 heteroatoms. The Balaban J connectivity index is 2.15. The van der Waals surface area contributed by atoms with Gasteiger partial charge in [0.05, 0.1) is 0 Å². The van der Waals surface area contributed by atoms with Crippen molar-refractivity contribution in [1.29, 1.82) is 0 Å². The predicted octanol–water partition coefficient (Wildman–Crippen LogP) is 3.84. The van der Waals surface area contributed by atoms with E-state index in [1.807, 2.05) is 36.2 Å². The van der Waals surface area contributed by atoms with Crippen LogP contribution in [0.5, 0.6) is 5.75 Å². The van der Waals surface area contributed by atoms with Crippen LogP contribution in [0.15, 0.2) is 42.5 Å². The first-order valence-corrected chi connectivity index (χ1v) is 6.80. The summed E-state index contributed by atoms with van der Waals surface area (Å²) in [5.41, 5.74) is 4.35. The maximum Gasteiger partial charge on any atom is 0.177 e. The average molecular weight is 286 g/mol. The SMILES string of the molecule is Cc1cccc(NC(=S)N(C)c2ccc(O)cc2)c1C. The fourth-order valence-electron chi connectivity index (χ4n) is 1.88. The number of hydrogen-bond donors (Lipinski definition) is 2. The number of nitrogens with one attached hydrogen (secondary N) is 1. The Morgan fingerprint density at radius 1 is 1.10 bits per heavy atom. The van der Waals surface area contributed by atoms with Gasteiger partial charge in [0.25, 0.3) is 0 Å². The highest BCUT2D eigenvalue weighted by atomic mass is 32.1. The van der Waals surface area contributed by atoms with Gasteiger partial charge in [-0.15, -0.1) is 0 Å². The number of aryl methyl sites for hydroxylation is 1. The molecule has 2 rings (SSSR count). The molecule has 0 spiro atoms. The van der Waals surface area contributed by atoms with E-state index in [9.17, 15) is 5.11 Å². The molecule has 2 aromatic carbocycles. The van der Waals surface area contributed by atoms with Crippen molar-refractivity contribution in [2.24, 2.45) is 0 Å². The van der Waals surface area contributed by atoms with Gasteiger partial charge in [0, 0.05) is 18.4 Å². The number of benzene rings is 2. The van der Waals surface area contributed by atoms with E-state index in [0.29, 0.717) is 5.11 Å².